The van der Waals surface area contributed by atoms with Gasteiger partial charge in [-0.2, -0.15) is 0 Å². The summed E-state index contributed by atoms with van der Waals surface area (Å²) >= 11 is 8.62. The lowest BCUT2D eigenvalue weighted by Gasteiger charge is -2.27. The van der Waals surface area contributed by atoms with E-state index in [1.54, 1.807) is 7.11 Å². The van der Waals surface area contributed by atoms with E-state index in [1.807, 2.05) is 24.3 Å². The van der Waals surface area contributed by atoms with Crippen LogP contribution in [0, 0.1) is 3.57 Å². The average molecular weight is 405 g/mol. The van der Waals surface area contributed by atoms with Crippen LogP contribution in [-0.4, -0.2) is 13.2 Å². The van der Waals surface area contributed by atoms with Crippen molar-refractivity contribution < 1.29 is 9.47 Å². The normalized spacial score (nSPS) is 18.9. The lowest BCUT2D eigenvalue weighted by atomic mass is 9.93. The quantitative estimate of drug-likeness (QED) is 0.490. The van der Waals surface area contributed by atoms with Gasteiger partial charge in [0.1, 0.15) is 6.10 Å². The van der Waals surface area contributed by atoms with Crippen LogP contribution >= 0.6 is 34.2 Å². The summed E-state index contributed by atoms with van der Waals surface area (Å²) in [7, 11) is 1.66. The highest BCUT2D eigenvalue weighted by Crippen LogP contribution is 2.38. The predicted octanol–water partition coefficient (Wildman–Crippen LogP) is 5.30. The van der Waals surface area contributed by atoms with Gasteiger partial charge in [0.15, 0.2) is 11.5 Å². The summed E-state index contributed by atoms with van der Waals surface area (Å²) in [4.78, 5) is 0. The molecular weight excluding hydrogens is 387 g/mol. The van der Waals surface area contributed by atoms with Crippen LogP contribution < -0.4 is 9.47 Å². The molecule has 2 rings (SSSR count). The molecule has 0 amide bonds. The summed E-state index contributed by atoms with van der Waals surface area (Å²) < 4.78 is 12.7. The molecule has 0 fully saturated rings. The smallest absolute Gasteiger partial charge is 0.175 e. The van der Waals surface area contributed by atoms with Gasteiger partial charge in [0.2, 0.25) is 0 Å². The van der Waals surface area contributed by atoms with Crippen LogP contribution in [0.15, 0.2) is 41.5 Å². The molecule has 0 aliphatic heterocycles. The number of hydrogen-bond donors (Lipinski definition) is 0. The van der Waals surface area contributed by atoms with Crippen molar-refractivity contribution in [3.8, 4) is 11.5 Å². The number of rotatable bonds is 5. The van der Waals surface area contributed by atoms with Gasteiger partial charge in [0.25, 0.3) is 0 Å². The SMILES string of the molecule is C=CCC1=C(Cl)CCC[C@@H]1Oc1c(I)cccc1OC. The van der Waals surface area contributed by atoms with Crippen LogP contribution in [0.3, 0.4) is 0 Å². The third-order valence-corrected chi connectivity index (χ3v) is 4.66. The van der Waals surface area contributed by atoms with Crippen molar-refractivity contribution >= 4 is 34.2 Å². The van der Waals surface area contributed by atoms with E-state index in [9.17, 15) is 0 Å². The lowest BCUT2D eigenvalue weighted by molar-refractivity contribution is 0.203. The number of ether oxygens (including phenoxy) is 2. The highest BCUT2D eigenvalue weighted by atomic mass is 127. The van der Waals surface area contributed by atoms with Gasteiger partial charge in [-0.25, -0.2) is 0 Å². The van der Waals surface area contributed by atoms with Crippen molar-refractivity contribution in [2.75, 3.05) is 7.11 Å². The molecule has 0 saturated heterocycles. The number of para-hydroxylation sites is 1. The fourth-order valence-corrected chi connectivity index (χ4v) is 3.32. The van der Waals surface area contributed by atoms with E-state index in [0.717, 1.165) is 51.4 Å². The number of halogens is 2. The van der Waals surface area contributed by atoms with Crippen molar-refractivity contribution in [3.63, 3.8) is 0 Å². The van der Waals surface area contributed by atoms with Crippen molar-refractivity contribution in [3.05, 3.63) is 45.0 Å². The van der Waals surface area contributed by atoms with Crippen molar-refractivity contribution in [1.82, 2.24) is 0 Å². The molecule has 0 radical (unpaired) electrons. The topological polar surface area (TPSA) is 18.5 Å². The first-order chi connectivity index (χ1) is 9.67. The largest absolute Gasteiger partial charge is 0.493 e. The second-order valence-electron chi connectivity index (χ2n) is 4.69. The summed E-state index contributed by atoms with van der Waals surface area (Å²) in [6, 6.07) is 5.89. The van der Waals surface area contributed by atoms with Gasteiger partial charge >= 0.3 is 0 Å². The molecule has 1 aliphatic rings. The fourth-order valence-electron chi connectivity index (χ4n) is 2.39. The first-order valence-electron chi connectivity index (χ1n) is 6.64. The van der Waals surface area contributed by atoms with Gasteiger partial charge in [0.05, 0.1) is 10.7 Å². The maximum atomic E-state index is 6.35. The molecule has 0 unspecified atom stereocenters. The van der Waals surface area contributed by atoms with Crippen molar-refractivity contribution in [2.45, 2.75) is 31.8 Å². The Kier molecular flexibility index (Phi) is 5.78. The minimum Gasteiger partial charge on any atom is -0.493 e. The van der Waals surface area contributed by atoms with Crippen molar-refractivity contribution in [1.29, 1.82) is 0 Å². The minimum absolute atomic E-state index is 0.0130. The van der Waals surface area contributed by atoms with E-state index in [1.165, 1.54) is 0 Å². The van der Waals surface area contributed by atoms with Crippen LogP contribution in [-0.2, 0) is 0 Å². The average Bonchev–Trinajstić information content (AvgIpc) is 2.44. The van der Waals surface area contributed by atoms with E-state index < -0.39 is 0 Å². The Morgan fingerprint density at radius 3 is 3.00 bits per heavy atom. The second-order valence-corrected chi connectivity index (χ2v) is 6.31. The summed E-state index contributed by atoms with van der Waals surface area (Å²) in [6.45, 7) is 3.81. The van der Waals surface area contributed by atoms with Gasteiger partial charge < -0.3 is 9.47 Å². The van der Waals surface area contributed by atoms with Crippen molar-refractivity contribution in [2.24, 2.45) is 0 Å². The Bertz CT molecular complexity index is 525. The molecule has 0 aromatic heterocycles. The highest BCUT2D eigenvalue weighted by Gasteiger charge is 2.24. The minimum atomic E-state index is 0.0130. The standard InChI is InChI=1S/C16H18ClIO2/c1-3-6-11-12(17)7-4-9-14(11)20-16-13(18)8-5-10-15(16)19-2/h3,5,8,10,14H,1,4,6-7,9H2,2H3/t14-/m0/s1. The van der Waals surface area contributed by atoms with Gasteiger partial charge in [-0.1, -0.05) is 23.7 Å². The Morgan fingerprint density at radius 1 is 1.50 bits per heavy atom. The van der Waals surface area contributed by atoms with Gasteiger partial charge in [-0.15, -0.1) is 6.58 Å². The first kappa shape index (κ1) is 15.7. The Balaban J connectivity index is 2.29. The van der Waals surface area contributed by atoms with Crippen LogP contribution in [0.4, 0.5) is 0 Å². The molecule has 0 saturated carbocycles. The number of allylic oxidation sites excluding steroid dienone is 2. The van der Waals surface area contributed by atoms with Gasteiger partial charge in [0, 0.05) is 5.03 Å². The lowest BCUT2D eigenvalue weighted by Crippen LogP contribution is -2.23. The molecule has 0 spiro atoms. The number of methoxy groups -OCH3 is 1. The Labute approximate surface area is 138 Å². The molecule has 1 aliphatic carbocycles. The molecule has 20 heavy (non-hydrogen) atoms. The highest BCUT2D eigenvalue weighted by molar-refractivity contribution is 14.1. The maximum absolute atomic E-state index is 6.35. The first-order valence-corrected chi connectivity index (χ1v) is 8.10. The van der Waals surface area contributed by atoms with E-state index in [2.05, 4.69) is 29.2 Å². The summed E-state index contributed by atoms with van der Waals surface area (Å²) in [5.41, 5.74) is 1.15. The molecule has 108 valence electrons. The third-order valence-electron chi connectivity index (χ3n) is 3.37. The summed E-state index contributed by atoms with van der Waals surface area (Å²) in [5, 5.41) is 0.922. The molecule has 4 heteroatoms. The zero-order valence-electron chi connectivity index (χ0n) is 11.5. The molecule has 1 aromatic carbocycles. The zero-order valence-corrected chi connectivity index (χ0v) is 14.4. The fraction of sp³-hybridized carbons (Fsp3) is 0.375. The van der Waals surface area contributed by atoms with Gasteiger partial charge in [-0.3, -0.25) is 0 Å². The molecule has 1 atom stereocenters. The van der Waals surface area contributed by atoms with Crippen LogP contribution in [0.1, 0.15) is 25.7 Å². The van der Waals surface area contributed by atoms with Crippen LogP contribution in [0.2, 0.25) is 0 Å². The molecular formula is C16H18ClIO2. The zero-order chi connectivity index (χ0) is 14.5. The molecule has 2 nitrogen and oxygen atoms in total. The van der Waals surface area contributed by atoms with Crippen LogP contribution in [0.5, 0.6) is 11.5 Å². The van der Waals surface area contributed by atoms with Gasteiger partial charge in [-0.05, 0) is 66.0 Å². The monoisotopic (exact) mass is 404 g/mol. The maximum Gasteiger partial charge on any atom is 0.175 e. The predicted molar refractivity (Wildman–Crippen MR) is 91.7 cm³/mol. The van der Waals surface area contributed by atoms with E-state index in [-0.39, 0.29) is 6.10 Å². The Morgan fingerprint density at radius 2 is 2.30 bits per heavy atom. The molecule has 0 heterocycles. The number of hydrogen-bond acceptors (Lipinski definition) is 2. The third kappa shape index (κ3) is 3.50. The second kappa shape index (κ2) is 7.36. The van der Waals surface area contributed by atoms with Crippen LogP contribution in [0.25, 0.3) is 0 Å². The Hall–Kier alpha value is -0.680. The van der Waals surface area contributed by atoms with E-state index in [0.29, 0.717) is 0 Å². The summed E-state index contributed by atoms with van der Waals surface area (Å²) in [5.74, 6) is 1.56. The molecule has 1 aromatic rings. The molecule has 0 bridgehead atoms. The van der Waals surface area contributed by atoms with E-state index in [4.69, 9.17) is 21.1 Å². The summed E-state index contributed by atoms with van der Waals surface area (Å²) in [6.07, 6.45) is 5.64. The number of benzene rings is 1. The van der Waals surface area contributed by atoms with E-state index >= 15 is 0 Å². The molecule has 0 N–H and O–H groups in total.